The summed E-state index contributed by atoms with van der Waals surface area (Å²) in [7, 11) is 0. The largest absolute Gasteiger partial charge is 0.278 e. The molecule has 1 heterocycles. The van der Waals surface area contributed by atoms with Gasteiger partial charge in [0.1, 0.15) is 0 Å². The standard InChI is InChI=1S/C8H7BrN2/c9-4-6-2-1-3-8-7(6)5-10-11-8/h1-3,5H,4H2,(H,10,11). The average molecular weight is 211 g/mol. The van der Waals surface area contributed by atoms with E-state index in [1.807, 2.05) is 18.3 Å². The maximum atomic E-state index is 3.96. The molecule has 0 radical (unpaired) electrons. The van der Waals surface area contributed by atoms with Crippen LogP contribution < -0.4 is 0 Å². The molecule has 1 aromatic carbocycles. The Morgan fingerprint density at radius 1 is 1.45 bits per heavy atom. The van der Waals surface area contributed by atoms with Crippen molar-refractivity contribution in [3.63, 3.8) is 0 Å². The van der Waals surface area contributed by atoms with Crippen LogP contribution in [-0.4, -0.2) is 10.2 Å². The third-order valence-electron chi connectivity index (χ3n) is 1.72. The molecule has 0 saturated heterocycles. The second-order valence-corrected chi connectivity index (χ2v) is 2.94. The summed E-state index contributed by atoms with van der Waals surface area (Å²) in [6.45, 7) is 0. The van der Waals surface area contributed by atoms with Crippen molar-refractivity contribution in [3.05, 3.63) is 30.0 Å². The summed E-state index contributed by atoms with van der Waals surface area (Å²) >= 11 is 3.42. The van der Waals surface area contributed by atoms with E-state index >= 15 is 0 Å². The summed E-state index contributed by atoms with van der Waals surface area (Å²) in [4.78, 5) is 0. The zero-order valence-electron chi connectivity index (χ0n) is 5.84. The molecule has 0 fully saturated rings. The number of hydrogen-bond acceptors (Lipinski definition) is 1. The van der Waals surface area contributed by atoms with Gasteiger partial charge in [-0.2, -0.15) is 5.10 Å². The van der Waals surface area contributed by atoms with Crippen LogP contribution in [0, 0.1) is 0 Å². The molecule has 0 atom stereocenters. The van der Waals surface area contributed by atoms with Gasteiger partial charge in [0.05, 0.1) is 11.7 Å². The average Bonchev–Trinajstić information content (AvgIpc) is 2.50. The number of nitrogens with zero attached hydrogens (tertiary/aromatic N) is 1. The predicted octanol–water partition coefficient (Wildman–Crippen LogP) is 2.46. The maximum Gasteiger partial charge on any atom is 0.0653 e. The van der Waals surface area contributed by atoms with Gasteiger partial charge in [-0.25, -0.2) is 0 Å². The topological polar surface area (TPSA) is 28.7 Å². The zero-order chi connectivity index (χ0) is 7.68. The molecule has 2 rings (SSSR count). The van der Waals surface area contributed by atoms with Crippen molar-refractivity contribution < 1.29 is 0 Å². The number of aromatic amines is 1. The van der Waals surface area contributed by atoms with Crippen LogP contribution in [0.2, 0.25) is 0 Å². The normalized spacial score (nSPS) is 10.6. The highest BCUT2D eigenvalue weighted by atomic mass is 79.9. The second kappa shape index (κ2) is 2.66. The summed E-state index contributed by atoms with van der Waals surface area (Å²) in [5.41, 5.74) is 2.37. The molecule has 1 aromatic heterocycles. The molecular formula is C8H7BrN2. The van der Waals surface area contributed by atoms with Crippen LogP contribution in [0.4, 0.5) is 0 Å². The minimum Gasteiger partial charge on any atom is -0.278 e. The predicted molar refractivity (Wildman–Crippen MR) is 48.7 cm³/mol. The van der Waals surface area contributed by atoms with Gasteiger partial charge in [-0.1, -0.05) is 28.1 Å². The van der Waals surface area contributed by atoms with Gasteiger partial charge >= 0.3 is 0 Å². The minimum absolute atomic E-state index is 0.879. The Hall–Kier alpha value is -0.830. The SMILES string of the molecule is BrCc1cccc2[nH]ncc12. The highest BCUT2D eigenvalue weighted by Crippen LogP contribution is 2.17. The minimum atomic E-state index is 0.879. The molecule has 2 aromatic rings. The van der Waals surface area contributed by atoms with Gasteiger partial charge in [-0.15, -0.1) is 0 Å². The van der Waals surface area contributed by atoms with Gasteiger partial charge in [-0.3, -0.25) is 5.10 Å². The Morgan fingerprint density at radius 2 is 2.36 bits per heavy atom. The molecule has 0 aliphatic carbocycles. The van der Waals surface area contributed by atoms with Crippen molar-refractivity contribution >= 4 is 26.8 Å². The number of aromatic nitrogens is 2. The molecular weight excluding hydrogens is 204 g/mol. The molecule has 56 valence electrons. The van der Waals surface area contributed by atoms with Crippen molar-refractivity contribution in [1.29, 1.82) is 0 Å². The van der Waals surface area contributed by atoms with Crippen LogP contribution in [0.3, 0.4) is 0 Å². The fourth-order valence-electron chi connectivity index (χ4n) is 1.15. The van der Waals surface area contributed by atoms with Crippen molar-refractivity contribution in [2.75, 3.05) is 0 Å². The van der Waals surface area contributed by atoms with E-state index in [-0.39, 0.29) is 0 Å². The molecule has 11 heavy (non-hydrogen) atoms. The second-order valence-electron chi connectivity index (χ2n) is 2.38. The highest BCUT2D eigenvalue weighted by molar-refractivity contribution is 9.08. The summed E-state index contributed by atoms with van der Waals surface area (Å²) < 4.78 is 0. The lowest BCUT2D eigenvalue weighted by Crippen LogP contribution is -1.76. The van der Waals surface area contributed by atoms with Gasteiger partial charge in [0, 0.05) is 10.7 Å². The van der Waals surface area contributed by atoms with E-state index in [2.05, 4.69) is 32.2 Å². The van der Waals surface area contributed by atoms with Crippen molar-refractivity contribution in [2.45, 2.75) is 5.33 Å². The van der Waals surface area contributed by atoms with Crippen LogP contribution in [-0.2, 0) is 5.33 Å². The molecule has 2 nitrogen and oxygen atoms in total. The van der Waals surface area contributed by atoms with Gasteiger partial charge in [0.25, 0.3) is 0 Å². The van der Waals surface area contributed by atoms with Crippen molar-refractivity contribution in [3.8, 4) is 0 Å². The fourth-order valence-corrected chi connectivity index (χ4v) is 1.63. The summed E-state index contributed by atoms with van der Waals surface area (Å²) in [5, 5.41) is 8.96. The number of nitrogens with one attached hydrogen (secondary N) is 1. The van der Waals surface area contributed by atoms with E-state index in [0.717, 1.165) is 10.8 Å². The van der Waals surface area contributed by atoms with Gasteiger partial charge in [-0.05, 0) is 11.6 Å². The summed E-state index contributed by atoms with van der Waals surface area (Å²) in [6.07, 6.45) is 1.85. The Bertz CT molecular complexity index is 367. The van der Waals surface area contributed by atoms with Crippen LogP contribution in [0.25, 0.3) is 10.9 Å². The van der Waals surface area contributed by atoms with Crippen molar-refractivity contribution in [2.24, 2.45) is 0 Å². The van der Waals surface area contributed by atoms with Crippen molar-refractivity contribution in [1.82, 2.24) is 10.2 Å². The molecule has 0 aliphatic rings. The monoisotopic (exact) mass is 210 g/mol. The Kier molecular flexibility index (Phi) is 1.66. The van der Waals surface area contributed by atoms with E-state index in [0.29, 0.717) is 0 Å². The van der Waals surface area contributed by atoms with Crippen LogP contribution in [0.15, 0.2) is 24.4 Å². The first kappa shape index (κ1) is 6.85. The fraction of sp³-hybridized carbons (Fsp3) is 0.125. The quantitative estimate of drug-likeness (QED) is 0.721. The number of halogens is 1. The third kappa shape index (κ3) is 1.05. The number of fused-ring (bicyclic) bond motifs is 1. The van der Waals surface area contributed by atoms with E-state index in [9.17, 15) is 0 Å². The number of H-pyrrole nitrogens is 1. The van der Waals surface area contributed by atoms with Crippen LogP contribution >= 0.6 is 15.9 Å². The van der Waals surface area contributed by atoms with Gasteiger partial charge in [0.2, 0.25) is 0 Å². The number of benzene rings is 1. The van der Waals surface area contributed by atoms with E-state index in [1.165, 1.54) is 10.9 Å². The lowest BCUT2D eigenvalue weighted by Gasteiger charge is -1.94. The summed E-state index contributed by atoms with van der Waals surface area (Å²) in [6, 6.07) is 6.14. The van der Waals surface area contributed by atoms with Crippen LogP contribution in [0.5, 0.6) is 0 Å². The first-order valence-corrected chi connectivity index (χ1v) is 4.51. The molecule has 0 amide bonds. The number of alkyl halides is 1. The van der Waals surface area contributed by atoms with Gasteiger partial charge in [0.15, 0.2) is 0 Å². The number of hydrogen-bond donors (Lipinski definition) is 1. The molecule has 1 N–H and O–H groups in total. The van der Waals surface area contributed by atoms with Gasteiger partial charge < -0.3 is 0 Å². The first-order valence-electron chi connectivity index (χ1n) is 3.39. The van der Waals surface area contributed by atoms with Crippen LogP contribution in [0.1, 0.15) is 5.56 Å². The molecule has 0 saturated carbocycles. The molecule has 0 bridgehead atoms. The Balaban J connectivity index is 2.79. The molecule has 0 spiro atoms. The van der Waals surface area contributed by atoms with E-state index < -0.39 is 0 Å². The zero-order valence-corrected chi connectivity index (χ0v) is 7.43. The molecule has 0 aliphatic heterocycles. The smallest absolute Gasteiger partial charge is 0.0653 e. The third-order valence-corrected chi connectivity index (χ3v) is 2.32. The lowest BCUT2D eigenvalue weighted by molar-refractivity contribution is 1.12. The summed E-state index contributed by atoms with van der Waals surface area (Å²) in [5.74, 6) is 0. The molecule has 3 heteroatoms. The van der Waals surface area contributed by atoms with E-state index in [4.69, 9.17) is 0 Å². The Morgan fingerprint density at radius 3 is 3.18 bits per heavy atom. The number of rotatable bonds is 1. The lowest BCUT2D eigenvalue weighted by atomic mass is 10.1. The Labute approximate surface area is 72.7 Å². The highest BCUT2D eigenvalue weighted by Gasteiger charge is 1.98. The molecule has 0 unspecified atom stereocenters. The maximum absolute atomic E-state index is 3.96. The first-order chi connectivity index (χ1) is 5.42. The van der Waals surface area contributed by atoms with E-state index in [1.54, 1.807) is 0 Å².